The summed E-state index contributed by atoms with van der Waals surface area (Å²) in [6.45, 7) is 4.12. The van der Waals surface area contributed by atoms with Gasteiger partial charge in [0.25, 0.3) is 0 Å². The molecule has 0 amide bonds. The molecule has 4 heteroatoms. The highest BCUT2D eigenvalue weighted by molar-refractivity contribution is 5.30. The molecule has 0 saturated carbocycles. The SMILES string of the molecule is Cc1cccc(Oc2cncc([C@H]3CCCNC3)n2)c1. The maximum Gasteiger partial charge on any atom is 0.238 e. The molecule has 2 aromatic rings. The van der Waals surface area contributed by atoms with E-state index in [1.54, 1.807) is 6.20 Å². The molecule has 1 aromatic carbocycles. The highest BCUT2D eigenvalue weighted by Gasteiger charge is 2.17. The molecule has 1 atom stereocenters. The third-order valence-corrected chi connectivity index (χ3v) is 3.56. The van der Waals surface area contributed by atoms with Gasteiger partial charge in [0.15, 0.2) is 0 Å². The second-order valence-electron chi connectivity index (χ2n) is 5.24. The molecular formula is C16H19N3O. The molecule has 1 aromatic heterocycles. The van der Waals surface area contributed by atoms with Crippen LogP contribution in [0.25, 0.3) is 0 Å². The molecule has 0 bridgehead atoms. The van der Waals surface area contributed by atoms with Crippen LogP contribution in [-0.4, -0.2) is 23.1 Å². The maximum atomic E-state index is 5.80. The van der Waals surface area contributed by atoms with E-state index in [4.69, 9.17) is 4.74 Å². The van der Waals surface area contributed by atoms with Gasteiger partial charge in [0, 0.05) is 18.7 Å². The normalized spacial score (nSPS) is 18.8. The summed E-state index contributed by atoms with van der Waals surface area (Å²) < 4.78 is 5.80. The monoisotopic (exact) mass is 269 g/mol. The van der Waals surface area contributed by atoms with E-state index in [0.717, 1.165) is 31.0 Å². The molecule has 1 aliphatic rings. The first-order valence-corrected chi connectivity index (χ1v) is 7.08. The van der Waals surface area contributed by atoms with Crippen molar-refractivity contribution in [1.29, 1.82) is 0 Å². The fraction of sp³-hybridized carbons (Fsp3) is 0.375. The van der Waals surface area contributed by atoms with Gasteiger partial charge in [-0.2, -0.15) is 0 Å². The molecule has 1 fully saturated rings. The highest BCUT2D eigenvalue weighted by atomic mass is 16.5. The molecule has 0 radical (unpaired) electrons. The van der Waals surface area contributed by atoms with Crippen molar-refractivity contribution in [1.82, 2.24) is 15.3 Å². The van der Waals surface area contributed by atoms with Crippen LogP contribution >= 0.6 is 0 Å². The van der Waals surface area contributed by atoms with Crippen LogP contribution in [0, 0.1) is 6.92 Å². The number of rotatable bonds is 3. The zero-order valence-electron chi connectivity index (χ0n) is 11.7. The number of hydrogen-bond donors (Lipinski definition) is 1. The summed E-state index contributed by atoms with van der Waals surface area (Å²) in [5, 5.41) is 3.40. The predicted molar refractivity (Wildman–Crippen MR) is 78.1 cm³/mol. The molecule has 2 heterocycles. The second kappa shape index (κ2) is 6.01. The molecule has 20 heavy (non-hydrogen) atoms. The van der Waals surface area contributed by atoms with Gasteiger partial charge in [-0.05, 0) is 44.0 Å². The van der Waals surface area contributed by atoms with E-state index in [9.17, 15) is 0 Å². The molecule has 4 nitrogen and oxygen atoms in total. The predicted octanol–water partition coefficient (Wildman–Crippen LogP) is 3.04. The number of hydrogen-bond acceptors (Lipinski definition) is 4. The van der Waals surface area contributed by atoms with Crippen LogP contribution in [0.15, 0.2) is 36.7 Å². The van der Waals surface area contributed by atoms with Crippen LogP contribution in [0.5, 0.6) is 11.6 Å². The Morgan fingerprint density at radius 1 is 1.30 bits per heavy atom. The molecule has 0 spiro atoms. The first kappa shape index (κ1) is 13.1. The molecular weight excluding hydrogens is 250 g/mol. The van der Waals surface area contributed by atoms with Gasteiger partial charge in [-0.1, -0.05) is 12.1 Å². The van der Waals surface area contributed by atoms with E-state index in [-0.39, 0.29) is 0 Å². The summed E-state index contributed by atoms with van der Waals surface area (Å²) in [6, 6.07) is 7.95. The average Bonchev–Trinajstić information content (AvgIpc) is 2.48. The van der Waals surface area contributed by atoms with Crippen LogP contribution < -0.4 is 10.1 Å². The van der Waals surface area contributed by atoms with E-state index in [1.807, 2.05) is 37.4 Å². The van der Waals surface area contributed by atoms with Gasteiger partial charge in [-0.15, -0.1) is 0 Å². The number of nitrogens with one attached hydrogen (secondary N) is 1. The molecule has 1 aliphatic heterocycles. The van der Waals surface area contributed by atoms with Gasteiger partial charge in [-0.25, -0.2) is 4.98 Å². The molecule has 104 valence electrons. The number of aromatic nitrogens is 2. The van der Waals surface area contributed by atoms with Crippen molar-refractivity contribution in [2.24, 2.45) is 0 Å². The van der Waals surface area contributed by atoms with Crippen molar-refractivity contribution in [2.45, 2.75) is 25.7 Å². The largest absolute Gasteiger partial charge is 0.437 e. The Morgan fingerprint density at radius 3 is 3.05 bits per heavy atom. The Kier molecular flexibility index (Phi) is 3.92. The zero-order chi connectivity index (χ0) is 13.8. The van der Waals surface area contributed by atoms with Crippen molar-refractivity contribution in [3.05, 3.63) is 47.9 Å². The zero-order valence-corrected chi connectivity index (χ0v) is 11.7. The van der Waals surface area contributed by atoms with Crippen LogP contribution in [0.3, 0.4) is 0 Å². The van der Waals surface area contributed by atoms with Gasteiger partial charge in [-0.3, -0.25) is 4.98 Å². The van der Waals surface area contributed by atoms with Gasteiger partial charge >= 0.3 is 0 Å². The lowest BCUT2D eigenvalue weighted by molar-refractivity contribution is 0.431. The van der Waals surface area contributed by atoms with Crippen molar-refractivity contribution in [3.8, 4) is 11.6 Å². The Bertz CT molecular complexity index is 579. The quantitative estimate of drug-likeness (QED) is 0.930. The van der Waals surface area contributed by atoms with Gasteiger partial charge in [0.1, 0.15) is 5.75 Å². The summed E-state index contributed by atoms with van der Waals surface area (Å²) in [4.78, 5) is 8.86. The lowest BCUT2D eigenvalue weighted by atomic mass is 9.97. The maximum absolute atomic E-state index is 5.80. The summed E-state index contributed by atoms with van der Waals surface area (Å²) in [5.74, 6) is 1.81. The van der Waals surface area contributed by atoms with Crippen molar-refractivity contribution in [3.63, 3.8) is 0 Å². The first-order valence-electron chi connectivity index (χ1n) is 7.08. The lowest BCUT2D eigenvalue weighted by Crippen LogP contribution is -2.28. The number of ether oxygens (including phenoxy) is 1. The van der Waals surface area contributed by atoms with Crippen LogP contribution in [0.4, 0.5) is 0 Å². The Labute approximate surface area is 119 Å². The Morgan fingerprint density at radius 2 is 2.25 bits per heavy atom. The summed E-state index contributed by atoms with van der Waals surface area (Å²) in [5.41, 5.74) is 2.19. The molecule has 3 rings (SSSR count). The van der Waals surface area contributed by atoms with Gasteiger partial charge < -0.3 is 10.1 Å². The minimum atomic E-state index is 0.442. The molecule has 1 saturated heterocycles. The van der Waals surface area contributed by atoms with Crippen LogP contribution in [0.2, 0.25) is 0 Å². The van der Waals surface area contributed by atoms with Crippen LogP contribution in [-0.2, 0) is 0 Å². The Hall–Kier alpha value is -1.94. The Balaban J connectivity index is 1.77. The van der Waals surface area contributed by atoms with Gasteiger partial charge in [0.05, 0.1) is 11.9 Å². The summed E-state index contributed by atoms with van der Waals surface area (Å²) >= 11 is 0. The van der Waals surface area contributed by atoms with E-state index in [2.05, 4.69) is 15.3 Å². The van der Waals surface area contributed by atoms with Crippen LogP contribution in [0.1, 0.15) is 30.0 Å². The highest BCUT2D eigenvalue weighted by Crippen LogP contribution is 2.24. The van der Waals surface area contributed by atoms with E-state index in [0.29, 0.717) is 11.8 Å². The molecule has 0 unspecified atom stereocenters. The topological polar surface area (TPSA) is 47.0 Å². The number of nitrogens with zero attached hydrogens (tertiary/aromatic N) is 2. The summed E-state index contributed by atoms with van der Waals surface area (Å²) in [6.07, 6.45) is 5.87. The first-order chi connectivity index (χ1) is 9.81. The average molecular weight is 269 g/mol. The van der Waals surface area contributed by atoms with Crippen molar-refractivity contribution >= 4 is 0 Å². The van der Waals surface area contributed by atoms with E-state index >= 15 is 0 Å². The van der Waals surface area contributed by atoms with Crippen molar-refractivity contribution < 1.29 is 4.74 Å². The fourth-order valence-corrected chi connectivity index (χ4v) is 2.51. The smallest absolute Gasteiger partial charge is 0.238 e. The van der Waals surface area contributed by atoms with E-state index in [1.165, 1.54) is 12.0 Å². The number of benzene rings is 1. The minimum absolute atomic E-state index is 0.442. The lowest BCUT2D eigenvalue weighted by Gasteiger charge is -2.22. The molecule has 0 aliphatic carbocycles. The van der Waals surface area contributed by atoms with E-state index < -0.39 is 0 Å². The van der Waals surface area contributed by atoms with Crippen molar-refractivity contribution in [2.75, 3.05) is 13.1 Å². The second-order valence-corrected chi connectivity index (χ2v) is 5.24. The minimum Gasteiger partial charge on any atom is -0.437 e. The fourth-order valence-electron chi connectivity index (χ4n) is 2.51. The standard InChI is InChI=1S/C16H19N3O/c1-12-4-2-6-14(8-12)20-16-11-18-10-15(19-16)13-5-3-7-17-9-13/h2,4,6,8,10-11,13,17H,3,5,7,9H2,1H3/t13-/m0/s1. The number of aryl methyl sites for hydroxylation is 1. The third-order valence-electron chi connectivity index (χ3n) is 3.56. The summed E-state index contributed by atoms with van der Waals surface area (Å²) in [7, 11) is 0. The molecule has 1 N–H and O–H groups in total. The third kappa shape index (κ3) is 3.14. The number of piperidine rings is 1. The van der Waals surface area contributed by atoms with Gasteiger partial charge in [0.2, 0.25) is 5.88 Å².